The summed E-state index contributed by atoms with van der Waals surface area (Å²) in [7, 11) is 3.23. The summed E-state index contributed by atoms with van der Waals surface area (Å²) >= 11 is 1.49. The number of carbonyl (C=O) groups excluding carboxylic acids is 1. The zero-order chi connectivity index (χ0) is 21.1. The van der Waals surface area contributed by atoms with Crippen LogP contribution in [-0.4, -0.2) is 81.6 Å². The molecule has 3 aromatic rings. The van der Waals surface area contributed by atoms with Gasteiger partial charge in [0, 0.05) is 32.9 Å². The number of aryl methyl sites for hydroxylation is 1. The molecule has 11 nitrogen and oxygen atoms in total. The number of anilines is 1. The molecule has 0 unspecified atom stereocenters. The Balaban J connectivity index is 1.51. The van der Waals surface area contributed by atoms with Crippen molar-refractivity contribution in [2.24, 2.45) is 7.05 Å². The molecule has 30 heavy (non-hydrogen) atoms. The predicted octanol–water partition coefficient (Wildman–Crippen LogP) is 0.557. The van der Waals surface area contributed by atoms with Crippen LogP contribution >= 0.6 is 11.8 Å². The maximum Gasteiger partial charge on any atom is 0.258 e. The molecule has 160 valence electrons. The lowest BCUT2D eigenvalue weighted by molar-refractivity contribution is 0.0949. The van der Waals surface area contributed by atoms with Crippen LogP contribution in [0, 0.1) is 0 Å². The summed E-state index contributed by atoms with van der Waals surface area (Å²) in [4.78, 5) is 24.0. The van der Waals surface area contributed by atoms with Crippen LogP contribution in [-0.2, 0) is 18.3 Å². The maximum absolute atomic E-state index is 12.5. The molecule has 3 aromatic heterocycles. The van der Waals surface area contributed by atoms with Crippen molar-refractivity contribution < 1.29 is 14.3 Å². The van der Waals surface area contributed by atoms with Crippen LogP contribution in [0.25, 0.3) is 11.0 Å². The van der Waals surface area contributed by atoms with E-state index in [4.69, 9.17) is 14.5 Å². The molecular weight excluding hydrogens is 408 g/mol. The van der Waals surface area contributed by atoms with Gasteiger partial charge in [0.05, 0.1) is 38.5 Å². The van der Waals surface area contributed by atoms with Crippen molar-refractivity contribution in [3.63, 3.8) is 0 Å². The zero-order valence-electron chi connectivity index (χ0n) is 17.2. The lowest BCUT2D eigenvalue weighted by Crippen LogP contribution is -2.37. The van der Waals surface area contributed by atoms with E-state index in [1.54, 1.807) is 28.8 Å². The minimum absolute atomic E-state index is 0.246. The molecule has 0 aromatic carbocycles. The fraction of sp³-hybridized carbons (Fsp3) is 0.500. The van der Waals surface area contributed by atoms with Gasteiger partial charge < -0.3 is 19.7 Å². The molecule has 1 saturated heterocycles. The van der Waals surface area contributed by atoms with Gasteiger partial charge in [-0.2, -0.15) is 5.10 Å². The first-order chi connectivity index (χ1) is 14.6. The molecule has 1 N–H and O–H groups in total. The third kappa shape index (κ3) is 4.05. The van der Waals surface area contributed by atoms with E-state index in [-0.39, 0.29) is 5.91 Å². The Labute approximate surface area is 177 Å². The molecule has 12 heteroatoms. The molecule has 4 heterocycles. The number of methoxy groups -OCH3 is 1. The number of hydrogen-bond donors (Lipinski definition) is 1. The van der Waals surface area contributed by atoms with Crippen LogP contribution in [0.3, 0.4) is 0 Å². The Kier molecular flexibility index (Phi) is 6.04. The molecular formula is C18H24N8O3S. The summed E-state index contributed by atoms with van der Waals surface area (Å²) in [6.45, 7) is 3.79. The second-order valence-electron chi connectivity index (χ2n) is 6.72. The number of morpholine rings is 1. The van der Waals surface area contributed by atoms with Gasteiger partial charge in [0.15, 0.2) is 10.8 Å². The van der Waals surface area contributed by atoms with Crippen molar-refractivity contribution in [2.45, 2.75) is 11.7 Å². The summed E-state index contributed by atoms with van der Waals surface area (Å²) in [6.07, 6.45) is 5.37. The van der Waals surface area contributed by atoms with E-state index >= 15 is 0 Å². The van der Waals surface area contributed by atoms with Crippen LogP contribution in [0.2, 0.25) is 0 Å². The van der Waals surface area contributed by atoms with E-state index < -0.39 is 0 Å². The lowest BCUT2D eigenvalue weighted by Gasteiger charge is -2.28. The van der Waals surface area contributed by atoms with Gasteiger partial charge in [-0.05, 0) is 6.26 Å². The number of fused-ring (bicyclic) bond motifs is 1. The summed E-state index contributed by atoms with van der Waals surface area (Å²) in [5, 5.41) is 13.1. The van der Waals surface area contributed by atoms with E-state index in [0.29, 0.717) is 42.9 Å². The van der Waals surface area contributed by atoms with E-state index in [0.717, 1.165) is 29.9 Å². The second-order valence-corrected chi connectivity index (χ2v) is 7.49. The molecule has 1 aliphatic heterocycles. The average Bonchev–Trinajstić information content (AvgIpc) is 3.36. The Bertz CT molecular complexity index is 1040. The molecule has 1 aliphatic rings. The highest BCUT2D eigenvalue weighted by molar-refractivity contribution is 7.98. The first-order valence-corrected chi connectivity index (χ1v) is 10.8. The highest BCUT2D eigenvalue weighted by Crippen LogP contribution is 2.27. The zero-order valence-corrected chi connectivity index (χ0v) is 18.0. The number of nitrogens with zero attached hydrogens (tertiary/aromatic N) is 7. The Hall–Kier alpha value is -2.86. The Morgan fingerprint density at radius 1 is 1.33 bits per heavy atom. The number of nitrogens with one attached hydrogen (secondary N) is 1. The Morgan fingerprint density at radius 2 is 2.13 bits per heavy atom. The van der Waals surface area contributed by atoms with Crippen molar-refractivity contribution >= 4 is 34.5 Å². The maximum atomic E-state index is 12.5. The quantitative estimate of drug-likeness (QED) is 0.423. The number of aromatic nitrogens is 6. The van der Waals surface area contributed by atoms with Gasteiger partial charge >= 0.3 is 0 Å². The van der Waals surface area contributed by atoms with Crippen molar-refractivity contribution in [3.8, 4) is 5.88 Å². The highest BCUT2D eigenvalue weighted by atomic mass is 32.2. The highest BCUT2D eigenvalue weighted by Gasteiger charge is 2.20. The van der Waals surface area contributed by atoms with Gasteiger partial charge in [-0.25, -0.2) is 14.6 Å². The fourth-order valence-corrected chi connectivity index (χ4v) is 3.69. The normalized spacial score (nSPS) is 14.3. The van der Waals surface area contributed by atoms with E-state index in [2.05, 4.69) is 25.4 Å². The molecule has 0 radical (unpaired) electrons. The molecule has 0 bridgehead atoms. The number of rotatable bonds is 7. The first-order valence-electron chi connectivity index (χ1n) is 9.56. The van der Waals surface area contributed by atoms with Crippen LogP contribution < -0.4 is 15.0 Å². The van der Waals surface area contributed by atoms with Crippen molar-refractivity contribution in [2.75, 3.05) is 51.1 Å². The molecule has 4 rings (SSSR count). The SMILES string of the molecule is COc1nn(C)cc1C(=O)NCCn1ncc2c(N3CCOCC3)nc(SC)nc21. The van der Waals surface area contributed by atoms with Crippen molar-refractivity contribution in [1.82, 2.24) is 34.8 Å². The third-order valence-electron chi connectivity index (χ3n) is 4.79. The van der Waals surface area contributed by atoms with Gasteiger partial charge in [-0.3, -0.25) is 9.48 Å². The number of thioether (sulfide) groups is 1. The second kappa shape index (κ2) is 8.88. The van der Waals surface area contributed by atoms with Crippen molar-refractivity contribution in [1.29, 1.82) is 0 Å². The molecule has 0 atom stereocenters. The predicted molar refractivity (Wildman–Crippen MR) is 112 cm³/mol. The van der Waals surface area contributed by atoms with E-state index in [9.17, 15) is 4.79 Å². The third-order valence-corrected chi connectivity index (χ3v) is 5.34. The molecule has 0 spiro atoms. The van der Waals surface area contributed by atoms with Crippen LogP contribution in [0.4, 0.5) is 5.82 Å². The number of hydrogen-bond acceptors (Lipinski definition) is 9. The van der Waals surface area contributed by atoms with Gasteiger partial charge in [0.1, 0.15) is 11.4 Å². The monoisotopic (exact) mass is 432 g/mol. The summed E-state index contributed by atoms with van der Waals surface area (Å²) in [6, 6.07) is 0. The first kappa shape index (κ1) is 20.4. The van der Waals surface area contributed by atoms with Crippen LogP contribution in [0.15, 0.2) is 17.6 Å². The van der Waals surface area contributed by atoms with Crippen molar-refractivity contribution in [3.05, 3.63) is 18.0 Å². The largest absolute Gasteiger partial charge is 0.479 e. The number of amides is 1. The number of ether oxygens (including phenoxy) is 2. The number of carbonyl (C=O) groups is 1. The minimum atomic E-state index is -0.246. The summed E-state index contributed by atoms with van der Waals surface area (Å²) in [5.41, 5.74) is 1.15. The standard InChI is InChI=1S/C18H24N8O3S/c1-24-11-13(17(23-24)28-2)16(27)19-4-5-26-15-12(10-20-26)14(21-18(22-15)30-3)25-6-8-29-9-7-25/h10-11H,4-9H2,1-3H3,(H,19,27). The topological polar surface area (TPSA) is 112 Å². The van der Waals surface area contributed by atoms with Crippen LogP contribution in [0.5, 0.6) is 5.88 Å². The minimum Gasteiger partial charge on any atom is -0.479 e. The smallest absolute Gasteiger partial charge is 0.258 e. The fourth-order valence-electron chi connectivity index (χ4n) is 3.34. The Morgan fingerprint density at radius 3 is 2.87 bits per heavy atom. The van der Waals surface area contributed by atoms with Gasteiger partial charge in [0.25, 0.3) is 5.91 Å². The van der Waals surface area contributed by atoms with Gasteiger partial charge in [-0.15, -0.1) is 5.10 Å². The summed E-state index contributed by atoms with van der Waals surface area (Å²) in [5.74, 6) is 0.930. The lowest BCUT2D eigenvalue weighted by atomic mass is 10.3. The summed E-state index contributed by atoms with van der Waals surface area (Å²) < 4.78 is 13.9. The van der Waals surface area contributed by atoms with E-state index in [1.807, 2.05) is 6.26 Å². The van der Waals surface area contributed by atoms with E-state index in [1.165, 1.54) is 18.9 Å². The van der Waals surface area contributed by atoms with Gasteiger partial charge in [0.2, 0.25) is 5.88 Å². The van der Waals surface area contributed by atoms with Gasteiger partial charge in [-0.1, -0.05) is 11.8 Å². The molecule has 0 saturated carbocycles. The van der Waals surface area contributed by atoms with Crippen LogP contribution in [0.1, 0.15) is 10.4 Å². The average molecular weight is 433 g/mol. The molecule has 0 aliphatic carbocycles. The molecule has 1 fully saturated rings. The molecule has 1 amide bonds.